The predicted octanol–water partition coefficient (Wildman–Crippen LogP) is 1.36. The number of hydrogen-bond donors (Lipinski definition) is 0. The topological polar surface area (TPSA) is 78.8 Å². The van der Waals surface area contributed by atoms with Crippen molar-refractivity contribution >= 4 is 17.7 Å². The summed E-state index contributed by atoms with van der Waals surface area (Å²) in [6.45, 7) is 6.32. The van der Waals surface area contributed by atoms with Gasteiger partial charge in [0, 0.05) is 44.8 Å². The molecule has 2 aliphatic rings. The molecule has 3 amide bonds. The van der Waals surface area contributed by atoms with E-state index in [9.17, 15) is 14.4 Å². The lowest BCUT2D eigenvalue weighted by Gasteiger charge is -2.39. The van der Waals surface area contributed by atoms with Crippen LogP contribution < -0.4 is 0 Å². The SMILES string of the molecule is Cc1cc(C)n(CCC(=O)N2CCC3C(=O)N(Cc4ccccc4)CC(=O)N3CC2)n1. The van der Waals surface area contributed by atoms with Crippen molar-refractivity contribution in [3.05, 3.63) is 53.3 Å². The molecular formula is C23H29N5O3. The molecule has 0 spiro atoms. The van der Waals surface area contributed by atoms with E-state index in [4.69, 9.17) is 0 Å². The Kier molecular flexibility index (Phi) is 6.06. The maximum absolute atomic E-state index is 13.1. The summed E-state index contributed by atoms with van der Waals surface area (Å²) < 4.78 is 1.85. The van der Waals surface area contributed by atoms with Crippen molar-refractivity contribution in [1.29, 1.82) is 0 Å². The van der Waals surface area contributed by atoms with E-state index in [0.29, 0.717) is 45.6 Å². The maximum atomic E-state index is 13.1. The average Bonchev–Trinajstić information content (AvgIpc) is 2.94. The van der Waals surface area contributed by atoms with Gasteiger partial charge in [-0.05, 0) is 31.9 Å². The Morgan fingerprint density at radius 3 is 2.58 bits per heavy atom. The van der Waals surface area contributed by atoms with E-state index in [1.165, 1.54) is 0 Å². The summed E-state index contributed by atoms with van der Waals surface area (Å²) in [4.78, 5) is 43.8. The van der Waals surface area contributed by atoms with Crippen LogP contribution in [0.1, 0.15) is 29.8 Å². The van der Waals surface area contributed by atoms with Gasteiger partial charge in [-0.25, -0.2) is 0 Å². The number of carbonyl (C=O) groups is 3. The molecule has 8 nitrogen and oxygen atoms in total. The minimum absolute atomic E-state index is 0.0274. The zero-order chi connectivity index (χ0) is 22.0. The molecule has 0 radical (unpaired) electrons. The van der Waals surface area contributed by atoms with Crippen molar-refractivity contribution in [3.63, 3.8) is 0 Å². The lowest BCUT2D eigenvalue weighted by atomic mass is 10.1. The first kappa shape index (κ1) is 21.1. The monoisotopic (exact) mass is 423 g/mol. The molecule has 164 valence electrons. The third-order valence-corrected chi connectivity index (χ3v) is 6.11. The average molecular weight is 424 g/mol. The van der Waals surface area contributed by atoms with Crippen LogP contribution in [-0.2, 0) is 27.5 Å². The number of aromatic nitrogens is 2. The van der Waals surface area contributed by atoms with E-state index in [1.807, 2.05) is 54.9 Å². The van der Waals surface area contributed by atoms with Gasteiger partial charge in [0.25, 0.3) is 0 Å². The van der Waals surface area contributed by atoms with Crippen LogP contribution in [0.3, 0.4) is 0 Å². The third kappa shape index (κ3) is 4.62. The Labute approximate surface area is 182 Å². The summed E-state index contributed by atoms with van der Waals surface area (Å²) >= 11 is 0. The van der Waals surface area contributed by atoms with Gasteiger partial charge in [-0.2, -0.15) is 5.10 Å². The van der Waals surface area contributed by atoms with Gasteiger partial charge in [-0.15, -0.1) is 0 Å². The van der Waals surface area contributed by atoms with E-state index in [2.05, 4.69) is 5.10 Å². The maximum Gasteiger partial charge on any atom is 0.246 e. The molecule has 31 heavy (non-hydrogen) atoms. The first-order valence-electron chi connectivity index (χ1n) is 10.8. The van der Waals surface area contributed by atoms with Crippen molar-refractivity contribution < 1.29 is 14.4 Å². The van der Waals surface area contributed by atoms with Crippen molar-refractivity contribution in [2.24, 2.45) is 0 Å². The van der Waals surface area contributed by atoms with E-state index in [0.717, 1.165) is 17.0 Å². The second-order valence-corrected chi connectivity index (χ2v) is 8.35. The summed E-state index contributed by atoms with van der Waals surface area (Å²) in [5.74, 6) is -0.0358. The van der Waals surface area contributed by atoms with Crippen LogP contribution in [0.4, 0.5) is 0 Å². The molecule has 2 fully saturated rings. The second kappa shape index (κ2) is 8.91. The van der Waals surface area contributed by atoms with E-state index < -0.39 is 6.04 Å². The lowest BCUT2D eigenvalue weighted by molar-refractivity contribution is -0.156. The molecule has 2 aliphatic heterocycles. The highest BCUT2D eigenvalue weighted by atomic mass is 16.2. The number of amides is 3. The Bertz CT molecular complexity index is 971. The molecular weight excluding hydrogens is 394 g/mol. The Morgan fingerprint density at radius 2 is 1.87 bits per heavy atom. The number of nitrogens with zero attached hydrogens (tertiary/aromatic N) is 5. The van der Waals surface area contributed by atoms with Gasteiger partial charge in [0.1, 0.15) is 12.6 Å². The number of rotatable bonds is 5. The summed E-state index contributed by atoms with van der Waals surface area (Å²) in [5.41, 5.74) is 2.98. The molecule has 4 rings (SSSR count). The molecule has 2 saturated heterocycles. The number of benzene rings is 1. The van der Waals surface area contributed by atoms with Crippen LogP contribution in [0.25, 0.3) is 0 Å². The number of aryl methyl sites for hydroxylation is 3. The Balaban J connectivity index is 1.38. The van der Waals surface area contributed by atoms with Crippen molar-refractivity contribution in [3.8, 4) is 0 Å². The van der Waals surface area contributed by atoms with Gasteiger partial charge >= 0.3 is 0 Å². The number of carbonyl (C=O) groups excluding carboxylic acids is 3. The smallest absolute Gasteiger partial charge is 0.246 e. The van der Waals surface area contributed by atoms with Crippen LogP contribution in [0.5, 0.6) is 0 Å². The minimum atomic E-state index is -0.487. The third-order valence-electron chi connectivity index (χ3n) is 6.11. The lowest BCUT2D eigenvalue weighted by Crippen LogP contribution is -2.59. The van der Waals surface area contributed by atoms with Crippen LogP contribution in [0.15, 0.2) is 36.4 Å². The fourth-order valence-corrected chi connectivity index (χ4v) is 4.48. The van der Waals surface area contributed by atoms with Gasteiger partial charge in [0.05, 0.1) is 5.69 Å². The highest BCUT2D eigenvalue weighted by Gasteiger charge is 2.41. The predicted molar refractivity (Wildman–Crippen MR) is 115 cm³/mol. The summed E-state index contributed by atoms with van der Waals surface area (Å²) in [6, 6.07) is 11.2. The summed E-state index contributed by atoms with van der Waals surface area (Å²) in [6.07, 6.45) is 0.830. The minimum Gasteiger partial charge on any atom is -0.341 e. The van der Waals surface area contributed by atoms with Gasteiger partial charge < -0.3 is 14.7 Å². The molecule has 8 heteroatoms. The molecule has 1 aromatic carbocycles. The van der Waals surface area contributed by atoms with Gasteiger partial charge in [-0.3, -0.25) is 19.1 Å². The van der Waals surface area contributed by atoms with Crippen LogP contribution in [-0.4, -0.2) is 74.4 Å². The number of hydrogen-bond acceptors (Lipinski definition) is 4. The van der Waals surface area contributed by atoms with Gasteiger partial charge in [0.2, 0.25) is 17.7 Å². The first-order chi connectivity index (χ1) is 14.9. The Hall–Kier alpha value is -3.16. The van der Waals surface area contributed by atoms with E-state index in [-0.39, 0.29) is 24.3 Å². The molecule has 2 aromatic rings. The van der Waals surface area contributed by atoms with Gasteiger partial charge in [-0.1, -0.05) is 30.3 Å². The number of piperazine rings is 1. The van der Waals surface area contributed by atoms with Crippen molar-refractivity contribution in [2.45, 2.75) is 45.8 Å². The zero-order valence-corrected chi connectivity index (χ0v) is 18.2. The second-order valence-electron chi connectivity index (χ2n) is 8.35. The molecule has 0 aliphatic carbocycles. The molecule has 1 atom stereocenters. The molecule has 0 saturated carbocycles. The molecule has 0 N–H and O–H groups in total. The summed E-state index contributed by atoms with van der Waals surface area (Å²) in [7, 11) is 0. The highest BCUT2D eigenvalue weighted by Crippen LogP contribution is 2.21. The van der Waals surface area contributed by atoms with Crippen molar-refractivity contribution in [2.75, 3.05) is 26.2 Å². The fourth-order valence-electron chi connectivity index (χ4n) is 4.48. The zero-order valence-electron chi connectivity index (χ0n) is 18.2. The largest absolute Gasteiger partial charge is 0.341 e. The quantitative estimate of drug-likeness (QED) is 0.728. The summed E-state index contributed by atoms with van der Waals surface area (Å²) in [5, 5.41) is 4.41. The van der Waals surface area contributed by atoms with Crippen LogP contribution >= 0.6 is 0 Å². The van der Waals surface area contributed by atoms with E-state index in [1.54, 1.807) is 14.7 Å². The normalized spacial score (nSPS) is 19.4. The fraction of sp³-hybridized carbons (Fsp3) is 0.478. The molecule has 3 heterocycles. The molecule has 1 unspecified atom stereocenters. The Morgan fingerprint density at radius 1 is 1.10 bits per heavy atom. The molecule has 1 aromatic heterocycles. The van der Waals surface area contributed by atoms with Gasteiger partial charge in [0.15, 0.2) is 0 Å². The van der Waals surface area contributed by atoms with Crippen molar-refractivity contribution in [1.82, 2.24) is 24.5 Å². The highest BCUT2D eigenvalue weighted by molar-refractivity contribution is 5.95. The molecule has 0 bridgehead atoms. The first-order valence-corrected chi connectivity index (χ1v) is 10.8. The van der Waals surface area contributed by atoms with E-state index >= 15 is 0 Å². The standard InChI is InChI=1S/C23H29N5O3/c1-17-14-18(2)28(24-17)11-9-21(29)25-10-8-20-23(31)26(15-19-6-4-3-5-7-19)16-22(30)27(20)13-12-25/h3-7,14,20H,8-13,15-16H2,1-2H3. The van der Waals surface area contributed by atoms with Crippen LogP contribution in [0, 0.1) is 13.8 Å². The van der Waals surface area contributed by atoms with Crippen LogP contribution in [0.2, 0.25) is 0 Å². The number of fused-ring (bicyclic) bond motifs is 1.